The number of carbonyl (C=O) groups is 2. The minimum absolute atomic E-state index is 0.254. The Balaban J connectivity index is 1.44. The zero-order chi connectivity index (χ0) is 23.2. The number of rotatable bonds is 4. The molecule has 2 fully saturated rings. The highest BCUT2D eigenvalue weighted by Crippen LogP contribution is 2.48. The summed E-state index contributed by atoms with van der Waals surface area (Å²) >= 11 is 0. The van der Waals surface area contributed by atoms with Crippen LogP contribution >= 0.6 is 0 Å². The molecule has 2 heterocycles. The van der Waals surface area contributed by atoms with E-state index < -0.39 is 18.1 Å². The molecule has 6 heteroatoms. The Morgan fingerprint density at radius 1 is 0.765 bits per heavy atom. The molecule has 0 saturated carbocycles. The van der Waals surface area contributed by atoms with Gasteiger partial charge >= 0.3 is 0 Å². The predicted molar refractivity (Wildman–Crippen MR) is 129 cm³/mol. The molecule has 0 unspecified atom stereocenters. The fourth-order valence-corrected chi connectivity index (χ4v) is 5.00. The number of nitrogens with zero attached hydrogens (tertiary/aromatic N) is 2. The van der Waals surface area contributed by atoms with Crippen molar-refractivity contribution in [3.63, 3.8) is 0 Å². The summed E-state index contributed by atoms with van der Waals surface area (Å²) in [5, 5.41) is 3.52. The number of hydrogen-bond donors (Lipinski definition) is 0. The second-order valence-corrected chi connectivity index (χ2v) is 8.44. The molecule has 2 saturated heterocycles. The van der Waals surface area contributed by atoms with E-state index >= 15 is 0 Å². The van der Waals surface area contributed by atoms with Gasteiger partial charge in [-0.05, 0) is 41.3 Å². The molecule has 0 bridgehead atoms. The summed E-state index contributed by atoms with van der Waals surface area (Å²) < 4.78 is 5.28. The Morgan fingerprint density at radius 2 is 1.47 bits per heavy atom. The highest BCUT2D eigenvalue weighted by atomic mass is 16.7. The van der Waals surface area contributed by atoms with Crippen LogP contribution in [0.3, 0.4) is 0 Å². The van der Waals surface area contributed by atoms with Crippen LogP contribution in [0.1, 0.15) is 11.6 Å². The van der Waals surface area contributed by atoms with Crippen LogP contribution in [0.15, 0.2) is 97.1 Å². The van der Waals surface area contributed by atoms with Crippen LogP contribution in [0.5, 0.6) is 5.75 Å². The van der Waals surface area contributed by atoms with Crippen LogP contribution in [0.25, 0.3) is 10.8 Å². The minimum atomic E-state index is -0.904. The van der Waals surface area contributed by atoms with Gasteiger partial charge in [-0.1, -0.05) is 66.7 Å². The van der Waals surface area contributed by atoms with Gasteiger partial charge in [0.1, 0.15) is 11.7 Å². The lowest BCUT2D eigenvalue weighted by Gasteiger charge is -2.29. The number of methoxy groups -OCH3 is 1. The van der Waals surface area contributed by atoms with E-state index in [2.05, 4.69) is 0 Å². The average molecular weight is 450 g/mol. The highest BCUT2D eigenvalue weighted by molar-refractivity contribution is 6.26. The maximum absolute atomic E-state index is 13.9. The molecule has 0 radical (unpaired) electrons. The number of benzene rings is 4. The molecule has 6 rings (SSSR count). The topological polar surface area (TPSA) is 59.1 Å². The third-order valence-electron chi connectivity index (χ3n) is 6.59. The van der Waals surface area contributed by atoms with E-state index in [0.29, 0.717) is 11.4 Å². The first-order valence-corrected chi connectivity index (χ1v) is 11.2. The number of amides is 2. The van der Waals surface area contributed by atoms with Crippen molar-refractivity contribution in [1.82, 2.24) is 0 Å². The molecule has 0 aliphatic carbocycles. The zero-order valence-corrected chi connectivity index (χ0v) is 18.5. The third kappa shape index (κ3) is 3.07. The van der Waals surface area contributed by atoms with Crippen molar-refractivity contribution >= 4 is 34.0 Å². The fraction of sp³-hybridized carbons (Fsp3) is 0.143. The summed E-state index contributed by atoms with van der Waals surface area (Å²) in [5.41, 5.74) is 2.25. The molecule has 6 nitrogen and oxygen atoms in total. The van der Waals surface area contributed by atoms with E-state index in [-0.39, 0.29) is 11.8 Å². The van der Waals surface area contributed by atoms with E-state index in [1.165, 1.54) is 4.90 Å². The molecule has 4 aromatic rings. The first-order chi connectivity index (χ1) is 16.7. The molecular formula is C28H22N2O4. The molecule has 0 N–H and O–H groups in total. The quantitative estimate of drug-likeness (QED) is 0.414. The Morgan fingerprint density at radius 3 is 2.24 bits per heavy atom. The van der Waals surface area contributed by atoms with Crippen LogP contribution in [-0.4, -0.2) is 25.0 Å². The van der Waals surface area contributed by atoms with Gasteiger partial charge in [-0.2, -0.15) is 0 Å². The normalized spacial score (nSPS) is 21.9. The van der Waals surface area contributed by atoms with Gasteiger partial charge in [-0.3, -0.25) is 14.4 Å². The SMILES string of the molecule is COc1ccc(N2O[C@@H]3C(=O)N(c4cccc5ccccc45)C(=O)[C@H]3[C@H]2c2ccccc2)cc1. The molecule has 34 heavy (non-hydrogen) atoms. The van der Waals surface area contributed by atoms with Gasteiger partial charge in [0.15, 0.2) is 6.10 Å². The predicted octanol–water partition coefficient (Wildman–Crippen LogP) is 4.90. The monoisotopic (exact) mass is 450 g/mol. The summed E-state index contributed by atoms with van der Waals surface area (Å²) in [7, 11) is 1.61. The van der Waals surface area contributed by atoms with Crippen molar-refractivity contribution in [2.45, 2.75) is 12.1 Å². The zero-order valence-electron chi connectivity index (χ0n) is 18.5. The molecule has 168 valence electrons. The summed E-state index contributed by atoms with van der Waals surface area (Å²) in [6.45, 7) is 0. The first-order valence-electron chi connectivity index (χ1n) is 11.2. The van der Waals surface area contributed by atoms with E-state index in [9.17, 15) is 9.59 Å². The van der Waals surface area contributed by atoms with E-state index in [1.54, 1.807) is 12.2 Å². The number of ether oxygens (including phenoxy) is 1. The number of carbonyl (C=O) groups excluding carboxylic acids is 2. The van der Waals surface area contributed by atoms with Gasteiger partial charge in [0, 0.05) is 5.39 Å². The second kappa shape index (κ2) is 8.01. The Kier molecular flexibility index (Phi) is 4.81. The number of fused-ring (bicyclic) bond motifs is 2. The van der Waals surface area contributed by atoms with Gasteiger partial charge in [-0.15, -0.1) is 0 Å². The van der Waals surface area contributed by atoms with Crippen LogP contribution in [0.4, 0.5) is 11.4 Å². The summed E-state index contributed by atoms with van der Waals surface area (Å²) in [6, 6.07) is 30.1. The first kappa shape index (κ1) is 20.4. The fourth-order valence-electron chi connectivity index (χ4n) is 5.00. The van der Waals surface area contributed by atoms with Crippen molar-refractivity contribution in [3.05, 3.63) is 103 Å². The van der Waals surface area contributed by atoms with Crippen LogP contribution < -0.4 is 14.7 Å². The standard InChI is InChI=1S/C28H22N2O4/c1-33-21-16-14-20(15-17-21)30-25(19-9-3-2-4-10-19)24-26(34-30)28(32)29(27(24)31)23-13-7-11-18-8-5-6-12-22(18)23/h2-17,24-26H,1H3/t24-,25+,26-/m0/s1. The van der Waals surface area contributed by atoms with Crippen molar-refractivity contribution in [2.24, 2.45) is 5.92 Å². The number of anilines is 2. The van der Waals surface area contributed by atoms with Crippen LogP contribution in [0, 0.1) is 5.92 Å². The van der Waals surface area contributed by atoms with Crippen molar-refractivity contribution < 1.29 is 19.2 Å². The highest BCUT2D eigenvalue weighted by Gasteiger charge is 2.60. The molecule has 4 aromatic carbocycles. The molecular weight excluding hydrogens is 428 g/mol. The van der Waals surface area contributed by atoms with Gasteiger partial charge < -0.3 is 4.74 Å². The van der Waals surface area contributed by atoms with Gasteiger partial charge in [-0.25, -0.2) is 9.96 Å². The van der Waals surface area contributed by atoms with Crippen molar-refractivity contribution in [2.75, 3.05) is 17.1 Å². The Bertz CT molecular complexity index is 1380. The lowest BCUT2D eigenvalue weighted by Crippen LogP contribution is -2.37. The van der Waals surface area contributed by atoms with Gasteiger partial charge in [0.2, 0.25) is 5.91 Å². The molecule has 3 atom stereocenters. The summed E-state index contributed by atoms with van der Waals surface area (Å²) in [4.78, 5) is 35.1. The van der Waals surface area contributed by atoms with E-state index in [0.717, 1.165) is 22.0 Å². The largest absolute Gasteiger partial charge is 0.497 e. The Labute approximate surface area is 196 Å². The summed E-state index contributed by atoms with van der Waals surface area (Å²) in [5.74, 6) is -0.552. The number of hydrogen-bond acceptors (Lipinski definition) is 5. The van der Waals surface area contributed by atoms with Crippen molar-refractivity contribution in [3.8, 4) is 5.75 Å². The lowest BCUT2D eigenvalue weighted by atomic mass is 9.90. The maximum Gasteiger partial charge on any atom is 0.266 e. The lowest BCUT2D eigenvalue weighted by molar-refractivity contribution is -0.126. The second-order valence-electron chi connectivity index (χ2n) is 8.44. The molecule has 2 aliphatic heterocycles. The molecule has 0 spiro atoms. The smallest absolute Gasteiger partial charge is 0.266 e. The minimum Gasteiger partial charge on any atom is -0.497 e. The molecule has 0 aromatic heterocycles. The molecule has 2 amide bonds. The number of imide groups is 1. The number of hydroxylamine groups is 1. The van der Waals surface area contributed by atoms with Crippen molar-refractivity contribution in [1.29, 1.82) is 0 Å². The maximum atomic E-state index is 13.9. The molecule has 2 aliphatic rings. The van der Waals surface area contributed by atoms with E-state index in [4.69, 9.17) is 9.57 Å². The van der Waals surface area contributed by atoms with Crippen LogP contribution in [0.2, 0.25) is 0 Å². The van der Waals surface area contributed by atoms with E-state index in [1.807, 2.05) is 97.1 Å². The average Bonchev–Trinajstić information content (AvgIpc) is 3.40. The third-order valence-corrected chi connectivity index (χ3v) is 6.59. The Hall–Kier alpha value is -4.16. The summed E-state index contributed by atoms with van der Waals surface area (Å²) in [6.07, 6.45) is -0.904. The van der Waals surface area contributed by atoms with Crippen LogP contribution in [-0.2, 0) is 14.4 Å². The van der Waals surface area contributed by atoms with Gasteiger partial charge in [0.05, 0.1) is 24.5 Å². The van der Waals surface area contributed by atoms with Gasteiger partial charge in [0.25, 0.3) is 5.91 Å².